The molecule has 0 unspecified atom stereocenters. The van der Waals surface area contributed by atoms with Gasteiger partial charge in [0.15, 0.2) is 11.0 Å². The van der Waals surface area contributed by atoms with Crippen LogP contribution in [0.3, 0.4) is 0 Å². The summed E-state index contributed by atoms with van der Waals surface area (Å²) in [5, 5.41) is 10.8. The van der Waals surface area contributed by atoms with Crippen molar-refractivity contribution in [2.75, 3.05) is 18.8 Å². The largest absolute Gasteiger partial charge is 0.360 e. The van der Waals surface area contributed by atoms with Gasteiger partial charge in [-0.05, 0) is 37.0 Å². The maximum atomic E-state index is 12.8. The Kier molecular flexibility index (Phi) is 5.51. The van der Waals surface area contributed by atoms with Crippen LogP contribution in [0.4, 0.5) is 0 Å². The first kappa shape index (κ1) is 19.9. The third-order valence-corrected chi connectivity index (χ3v) is 6.85. The molecule has 31 heavy (non-hydrogen) atoms. The molecule has 0 radical (unpaired) electrons. The Morgan fingerprint density at radius 1 is 1.06 bits per heavy atom. The fourth-order valence-electron chi connectivity index (χ4n) is 4.08. The van der Waals surface area contributed by atoms with Gasteiger partial charge in [-0.15, -0.1) is 10.2 Å². The molecule has 0 bridgehead atoms. The van der Waals surface area contributed by atoms with Gasteiger partial charge in [-0.25, -0.2) is 0 Å². The number of carbonyl (C=O) groups is 1. The van der Waals surface area contributed by atoms with Gasteiger partial charge in [-0.1, -0.05) is 55.1 Å². The molecular weight excluding hydrogens is 406 g/mol. The molecule has 0 aliphatic carbocycles. The number of thioether (sulfide) groups is 1. The van der Waals surface area contributed by atoms with Crippen LogP contribution < -0.4 is 0 Å². The highest BCUT2D eigenvalue weighted by atomic mass is 32.2. The van der Waals surface area contributed by atoms with E-state index in [1.807, 2.05) is 58.1 Å². The highest BCUT2D eigenvalue weighted by Crippen LogP contribution is 2.32. The van der Waals surface area contributed by atoms with Crippen LogP contribution in [0.15, 0.2) is 66.0 Å². The van der Waals surface area contributed by atoms with Crippen LogP contribution >= 0.6 is 11.8 Å². The van der Waals surface area contributed by atoms with Crippen molar-refractivity contribution in [2.24, 2.45) is 5.92 Å². The van der Waals surface area contributed by atoms with E-state index in [0.29, 0.717) is 11.7 Å². The molecule has 2 aromatic carbocycles. The van der Waals surface area contributed by atoms with Crippen LogP contribution in [-0.4, -0.2) is 49.4 Å². The van der Waals surface area contributed by atoms with Crippen LogP contribution in [0.5, 0.6) is 0 Å². The lowest BCUT2D eigenvalue weighted by Crippen LogP contribution is -2.38. The van der Waals surface area contributed by atoms with Gasteiger partial charge in [0, 0.05) is 41.4 Å². The van der Waals surface area contributed by atoms with Gasteiger partial charge in [-0.3, -0.25) is 9.36 Å². The molecule has 158 valence electrons. The first-order valence-electron chi connectivity index (χ1n) is 10.7. The molecule has 7 heteroatoms. The third-order valence-electron chi connectivity index (χ3n) is 5.94. The summed E-state index contributed by atoms with van der Waals surface area (Å²) in [6.45, 7) is 3.96. The molecule has 1 saturated heterocycles. The molecule has 3 heterocycles. The summed E-state index contributed by atoms with van der Waals surface area (Å²) in [6.07, 6.45) is 4.14. The SMILES string of the molecule is CC1CCN(C(=O)CSc2nnc(-c3c[nH]c4ccccc34)n2-c2ccccc2)CC1. The van der Waals surface area contributed by atoms with Crippen LogP contribution in [-0.2, 0) is 4.79 Å². The Labute approximate surface area is 185 Å². The van der Waals surface area contributed by atoms with E-state index in [4.69, 9.17) is 0 Å². The second kappa shape index (κ2) is 8.59. The lowest BCUT2D eigenvalue weighted by atomic mass is 9.99. The Bertz CT molecular complexity index is 1190. The molecule has 1 N–H and O–H groups in total. The summed E-state index contributed by atoms with van der Waals surface area (Å²) in [5.41, 5.74) is 3.04. The molecular formula is C24H25N5OS. The minimum absolute atomic E-state index is 0.174. The number of fused-ring (bicyclic) bond motifs is 1. The summed E-state index contributed by atoms with van der Waals surface area (Å²) in [4.78, 5) is 18.1. The van der Waals surface area contributed by atoms with Crippen molar-refractivity contribution >= 4 is 28.6 Å². The molecule has 5 rings (SSSR count). The number of carbonyl (C=O) groups excluding carboxylic acids is 1. The van der Waals surface area contributed by atoms with Crippen molar-refractivity contribution < 1.29 is 4.79 Å². The molecule has 4 aromatic rings. The number of likely N-dealkylation sites (tertiary alicyclic amines) is 1. The van der Waals surface area contributed by atoms with Crippen molar-refractivity contribution in [1.82, 2.24) is 24.6 Å². The Hall–Kier alpha value is -3.06. The molecule has 0 atom stereocenters. The Morgan fingerprint density at radius 3 is 2.61 bits per heavy atom. The number of nitrogens with one attached hydrogen (secondary N) is 1. The van der Waals surface area contributed by atoms with Gasteiger partial charge in [0.2, 0.25) is 5.91 Å². The summed E-state index contributed by atoms with van der Waals surface area (Å²) < 4.78 is 2.05. The first-order valence-corrected chi connectivity index (χ1v) is 11.7. The third kappa shape index (κ3) is 3.97. The number of benzene rings is 2. The number of H-pyrrole nitrogens is 1. The zero-order chi connectivity index (χ0) is 21.2. The van der Waals surface area contributed by atoms with Crippen LogP contribution in [0.25, 0.3) is 28.0 Å². The lowest BCUT2D eigenvalue weighted by molar-refractivity contribution is -0.129. The second-order valence-electron chi connectivity index (χ2n) is 8.08. The van der Waals surface area contributed by atoms with Crippen molar-refractivity contribution in [3.63, 3.8) is 0 Å². The maximum absolute atomic E-state index is 12.8. The molecule has 1 aliphatic rings. The number of para-hydroxylation sites is 2. The monoisotopic (exact) mass is 431 g/mol. The highest BCUT2D eigenvalue weighted by Gasteiger charge is 2.23. The summed E-state index contributed by atoms with van der Waals surface area (Å²) >= 11 is 1.46. The van der Waals surface area contributed by atoms with Gasteiger partial charge in [0.05, 0.1) is 5.75 Å². The van der Waals surface area contributed by atoms with E-state index in [-0.39, 0.29) is 5.91 Å². The average molecular weight is 432 g/mol. The minimum Gasteiger partial charge on any atom is -0.360 e. The van der Waals surface area contributed by atoms with Crippen LogP contribution in [0.2, 0.25) is 0 Å². The minimum atomic E-state index is 0.174. The second-order valence-corrected chi connectivity index (χ2v) is 9.02. The smallest absolute Gasteiger partial charge is 0.233 e. The standard InChI is InChI=1S/C24H25N5OS/c1-17-11-13-28(14-12-17)22(30)16-31-24-27-26-23(29(24)18-7-3-2-4-8-18)20-15-25-21-10-6-5-9-19(20)21/h2-10,15,17,25H,11-14,16H2,1H3. The van der Waals surface area contributed by atoms with Gasteiger partial charge in [0.25, 0.3) is 0 Å². The number of hydrogen-bond donors (Lipinski definition) is 1. The average Bonchev–Trinajstić information content (AvgIpc) is 3.42. The fourth-order valence-corrected chi connectivity index (χ4v) is 4.93. The fraction of sp³-hybridized carbons (Fsp3) is 0.292. The Balaban J connectivity index is 1.46. The number of aromatic amines is 1. The van der Waals surface area contributed by atoms with Gasteiger partial charge >= 0.3 is 0 Å². The first-order chi connectivity index (χ1) is 15.2. The summed E-state index contributed by atoms with van der Waals surface area (Å²) in [6, 6.07) is 18.3. The van der Waals surface area contributed by atoms with Crippen molar-refractivity contribution in [3.8, 4) is 17.1 Å². The van der Waals surface area contributed by atoms with Crippen molar-refractivity contribution in [1.29, 1.82) is 0 Å². The number of rotatable bonds is 5. The van der Waals surface area contributed by atoms with E-state index in [9.17, 15) is 4.79 Å². The zero-order valence-electron chi connectivity index (χ0n) is 17.5. The normalized spacial score (nSPS) is 14.9. The number of piperidine rings is 1. The number of aromatic nitrogens is 4. The predicted octanol–water partition coefficient (Wildman–Crippen LogP) is 4.77. The highest BCUT2D eigenvalue weighted by molar-refractivity contribution is 7.99. The molecule has 1 amide bonds. The van der Waals surface area contributed by atoms with Gasteiger partial charge in [0.1, 0.15) is 0 Å². The van der Waals surface area contributed by atoms with E-state index in [0.717, 1.165) is 59.1 Å². The maximum Gasteiger partial charge on any atom is 0.233 e. The quantitative estimate of drug-likeness (QED) is 0.463. The summed E-state index contributed by atoms with van der Waals surface area (Å²) in [7, 11) is 0. The summed E-state index contributed by atoms with van der Waals surface area (Å²) in [5.74, 6) is 2.02. The molecule has 0 spiro atoms. The van der Waals surface area contributed by atoms with Crippen molar-refractivity contribution in [3.05, 3.63) is 60.8 Å². The van der Waals surface area contributed by atoms with E-state index >= 15 is 0 Å². The Morgan fingerprint density at radius 2 is 1.81 bits per heavy atom. The van der Waals surface area contributed by atoms with E-state index < -0.39 is 0 Å². The van der Waals surface area contributed by atoms with Gasteiger partial charge < -0.3 is 9.88 Å². The lowest BCUT2D eigenvalue weighted by Gasteiger charge is -2.30. The van der Waals surface area contributed by atoms with E-state index in [2.05, 4.69) is 34.2 Å². The van der Waals surface area contributed by atoms with Crippen LogP contribution in [0.1, 0.15) is 19.8 Å². The van der Waals surface area contributed by atoms with Crippen molar-refractivity contribution in [2.45, 2.75) is 24.9 Å². The topological polar surface area (TPSA) is 66.8 Å². The molecule has 2 aromatic heterocycles. The predicted molar refractivity (Wildman–Crippen MR) is 124 cm³/mol. The number of nitrogens with zero attached hydrogens (tertiary/aromatic N) is 4. The van der Waals surface area contributed by atoms with Crippen LogP contribution in [0, 0.1) is 5.92 Å². The molecule has 6 nitrogen and oxygen atoms in total. The van der Waals surface area contributed by atoms with E-state index in [1.54, 1.807) is 0 Å². The van der Waals surface area contributed by atoms with E-state index in [1.165, 1.54) is 11.8 Å². The molecule has 1 fully saturated rings. The molecule has 0 saturated carbocycles. The number of hydrogen-bond acceptors (Lipinski definition) is 4. The molecule has 1 aliphatic heterocycles. The number of amides is 1. The zero-order valence-corrected chi connectivity index (χ0v) is 18.3. The van der Waals surface area contributed by atoms with Gasteiger partial charge in [-0.2, -0.15) is 0 Å².